The van der Waals surface area contributed by atoms with Crippen molar-refractivity contribution in [2.75, 3.05) is 25.1 Å². The fourth-order valence-corrected chi connectivity index (χ4v) is 3.75. The number of benzene rings is 2. The predicted octanol–water partition coefficient (Wildman–Crippen LogP) is 3.79. The maximum absolute atomic E-state index is 13.0. The first-order chi connectivity index (χ1) is 14.3. The number of carbonyl (C=O) groups excluding carboxylic acids is 1. The molecule has 1 aromatic heterocycles. The normalized spacial score (nSPS) is 14.8. The minimum Gasteiger partial charge on any atom is -0.486 e. The standard InChI is InChI=1S/C23H21N3O3/c27-23(26-10-8-16-3-1-2-4-18(16)15-26)17-7-9-24-22(13-17)25-19-5-6-20-21(14-19)29-12-11-28-20/h1-7,9,13-14H,8,10-12,15H2,(H,24,25). The van der Waals surface area contributed by atoms with E-state index in [1.807, 2.05) is 29.2 Å². The van der Waals surface area contributed by atoms with Gasteiger partial charge in [-0.05, 0) is 41.8 Å². The van der Waals surface area contributed by atoms with Crippen molar-refractivity contribution >= 4 is 17.4 Å². The van der Waals surface area contributed by atoms with E-state index >= 15 is 0 Å². The zero-order valence-corrected chi connectivity index (χ0v) is 15.9. The molecule has 2 aliphatic heterocycles. The summed E-state index contributed by atoms with van der Waals surface area (Å²) in [7, 11) is 0. The van der Waals surface area contributed by atoms with Crippen molar-refractivity contribution in [3.8, 4) is 11.5 Å². The molecule has 146 valence electrons. The fraction of sp³-hybridized carbons (Fsp3) is 0.217. The monoisotopic (exact) mass is 387 g/mol. The maximum Gasteiger partial charge on any atom is 0.254 e. The van der Waals surface area contributed by atoms with Gasteiger partial charge in [-0.15, -0.1) is 0 Å². The summed E-state index contributed by atoms with van der Waals surface area (Å²) in [5.74, 6) is 2.08. The highest BCUT2D eigenvalue weighted by atomic mass is 16.6. The number of fused-ring (bicyclic) bond motifs is 2. The molecule has 3 aromatic rings. The Morgan fingerprint density at radius 1 is 0.966 bits per heavy atom. The molecule has 2 aliphatic rings. The number of nitrogens with zero attached hydrogens (tertiary/aromatic N) is 2. The molecule has 3 heterocycles. The van der Waals surface area contributed by atoms with Crippen molar-refractivity contribution < 1.29 is 14.3 Å². The smallest absolute Gasteiger partial charge is 0.254 e. The second kappa shape index (κ2) is 7.47. The van der Waals surface area contributed by atoms with Gasteiger partial charge in [-0.25, -0.2) is 4.98 Å². The van der Waals surface area contributed by atoms with E-state index in [1.165, 1.54) is 11.1 Å². The molecule has 0 spiro atoms. The first-order valence-electron chi connectivity index (χ1n) is 9.75. The molecule has 0 radical (unpaired) electrons. The van der Waals surface area contributed by atoms with Gasteiger partial charge < -0.3 is 19.7 Å². The number of pyridine rings is 1. The van der Waals surface area contributed by atoms with Gasteiger partial charge in [0.15, 0.2) is 11.5 Å². The van der Waals surface area contributed by atoms with Crippen molar-refractivity contribution in [1.82, 2.24) is 9.88 Å². The molecule has 6 heteroatoms. The van der Waals surface area contributed by atoms with Crippen LogP contribution in [0.1, 0.15) is 21.5 Å². The van der Waals surface area contributed by atoms with Gasteiger partial charge >= 0.3 is 0 Å². The second-order valence-corrected chi connectivity index (χ2v) is 7.16. The molecule has 0 saturated carbocycles. The van der Waals surface area contributed by atoms with Gasteiger partial charge in [0.25, 0.3) is 5.91 Å². The highest BCUT2D eigenvalue weighted by Crippen LogP contribution is 2.33. The van der Waals surface area contributed by atoms with Crippen molar-refractivity contribution in [2.45, 2.75) is 13.0 Å². The zero-order valence-electron chi connectivity index (χ0n) is 15.9. The summed E-state index contributed by atoms with van der Waals surface area (Å²) in [6, 6.07) is 17.5. The molecular weight excluding hydrogens is 366 g/mol. The third-order valence-electron chi connectivity index (χ3n) is 5.24. The molecular formula is C23H21N3O3. The summed E-state index contributed by atoms with van der Waals surface area (Å²) in [5, 5.41) is 3.25. The van der Waals surface area contributed by atoms with Crippen molar-refractivity contribution in [3.63, 3.8) is 0 Å². The summed E-state index contributed by atoms with van der Waals surface area (Å²) < 4.78 is 11.2. The van der Waals surface area contributed by atoms with Crippen LogP contribution < -0.4 is 14.8 Å². The Morgan fingerprint density at radius 3 is 2.69 bits per heavy atom. The lowest BCUT2D eigenvalue weighted by molar-refractivity contribution is 0.0734. The van der Waals surface area contributed by atoms with Crippen LogP contribution in [0.3, 0.4) is 0 Å². The van der Waals surface area contributed by atoms with Crippen molar-refractivity contribution in [1.29, 1.82) is 0 Å². The van der Waals surface area contributed by atoms with Crippen LogP contribution in [0, 0.1) is 0 Å². The minimum atomic E-state index is 0.0205. The topological polar surface area (TPSA) is 63.7 Å². The number of amides is 1. The van der Waals surface area contributed by atoms with Crippen molar-refractivity contribution in [3.05, 3.63) is 77.5 Å². The summed E-state index contributed by atoms with van der Waals surface area (Å²) in [6.07, 6.45) is 2.54. The summed E-state index contributed by atoms with van der Waals surface area (Å²) >= 11 is 0. The highest BCUT2D eigenvalue weighted by molar-refractivity contribution is 5.95. The fourth-order valence-electron chi connectivity index (χ4n) is 3.75. The molecule has 0 aliphatic carbocycles. The van der Waals surface area contributed by atoms with Crippen LogP contribution in [-0.4, -0.2) is 35.5 Å². The van der Waals surface area contributed by atoms with E-state index < -0.39 is 0 Å². The minimum absolute atomic E-state index is 0.0205. The van der Waals surface area contributed by atoms with Crippen molar-refractivity contribution in [2.24, 2.45) is 0 Å². The van der Waals surface area contributed by atoms with Crippen LogP contribution in [0.4, 0.5) is 11.5 Å². The molecule has 0 saturated heterocycles. The van der Waals surface area contributed by atoms with E-state index in [0.717, 1.165) is 24.4 Å². The number of nitrogens with one attached hydrogen (secondary N) is 1. The van der Waals surface area contributed by atoms with Crippen LogP contribution in [0.25, 0.3) is 0 Å². The van der Waals surface area contributed by atoms with E-state index in [4.69, 9.17) is 9.47 Å². The van der Waals surface area contributed by atoms with Crippen LogP contribution in [0.15, 0.2) is 60.8 Å². The van der Waals surface area contributed by atoms with E-state index in [2.05, 4.69) is 28.5 Å². The average molecular weight is 387 g/mol. The van der Waals surface area contributed by atoms with E-state index in [0.29, 0.717) is 36.9 Å². The number of hydrogen-bond donors (Lipinski definition) is 1. The third-order valence-corrected chi connectivity index (χ3v) is 5.24. The van der Waals surface area contributed by atoms with Crippen LogP contribution >= 0.6 is 0 Å². The van der Waals surface area contributed by atoms with Crippen LogP contribution in [-0.2, 0) is 13.0 Å². The van der Waals surface area contributed by atoms with Gasteiger partial charge in [0, 0.05) is 36.6 Å². The number of hydrogen-bond acceptors (Lipinski definition) is 5. The molecule has 0 unspecified atom stereocenters. The molecule has 0 fully saturated rings. The Hall–Kier alpha value is -3.54. The SMILES string of the molecule is O=C(c1ccnc(Nc2ccc3c(c2)OCCO3)c1)N1CCc2ccccc2C1. The van der Waals surface area contributed by atoms with Gasteiger partial charge in [-0.1, -0.05) is 24.3 Å². The lowest BCUT2D eigenvalue weighted by Crippen LogP contribution is -2.35. The highest BCUT2D eigenvalue weighted by Gasteiger charge is 2.22. The van der Waals surface area contributed by atoms with Gasteiger partial charge in [0.05, 0.1) is 0 Å². The average Bonchev–Trinajstić information content (AvgIpc) is 2.78. The molecule has 6 nitrogen and oxygen atoms in total. The first kappa shape index (κ1) is 17.6. The quantitative estimate of drug-likeness (QED) is 0.741. The Kier molecular flexibility index (Phi) is 4.52. The first-order valence-corrected chi connectivity index (χ1v) is 9.75. The Balaban J connectivity index is 1.33. The Labute approximate surface area is 169 Å². The van der Waals surface area contributed by atoms with Crippen LogP contribution in [0.5, 0.6) is 11.5 Å². The van der Waals surface area contributed by atoms with Crippen LogP contribution in [0.2, 0.25) is 0 Å². The molecule has 0 atom stereocenters. The lowest BCUT2D eigenvalue weighted by atomic mass is 9.99. The maximum atomic E-state index is 13.0. The third kappa shape index (κ3) is 3.61. The van der Waals surface area contributed by atoms with Gasteiger partial charge in [-0.2, -0.15) is 0 Å². The number of carbonyl (C=O) groups is 1. The number of anilines is 2. The molecule has 2 aromatic carbocycles. The summed E-state index contributed by atoms with van der Waals surface area (Å²) in [4.78, 5) is 19.3. The molecule has 0 bridgehead atoms. The summed E-state index contributed by atoms with van der Waals surface area (Å²) in [6.45, 7) is 2.47. The van der Waals surface area contributed by atoms with Gasteiger partial charge in [0.2, 0.25) is 0 Å². The molecule has 5 rings (SSSR count). The van der Waals surface area contributed by atoms with Gasteiger partial charge in [0.1, 0.15) is 19.0 Å². The zero-order chi connectivity index (χ0) is 19.6. The summed E-state index contributed by atoms with van der Waals surface area (Å²) in [5.41, 5.74) is 4.00. The Morgan fingerprint density at radius 2 is 1.79 bits per heavy atom. The van der Waals surface area contributed by atoms with E-state index in [9.17, 15) is 4.79 Å². The Bertz CT molecular complexity index is 1070. The second-order valence-electron chi connectivity index (χ2n) is 7.16. The number of aromatic nitrogens is 1. The number of rotatable bonds is 3. The van der Waals surface area contributed by atoms with Gasteiger partial charge in [-0.3, -0.25) is 4.79 Å². The molecule has 1 amide bonds. The largest absolute Gasteiger partial charge is 0.486 e. The molecule has 1 N–H and O–H groups in total. The lowest BCUT2D eigenvalue weighted by Gasteiger charge is -2.29. The van der Waals surface area contributed by atoms with E-state index in [-0.39, 0.29) is 5.91 Å². The van der Waals surface area contributed by atoms with E-state index in [1.54, 1.807) is 18.3 Å². The predicted molar refractivity (Wildman–Crippen MR) is 110 cm³/mol. The number of ether oxygens (including phenoxy) is 2. The molecule has 29 heavy (non-hydrogen) atoms.